The Labute approximate surface area is 110 Å². The molecule has 0 amide bonds. The molecule has 1 aromatic heterocycles. The average molecular weight is 262 g/mol. The molecular weight excluding hydrogens is 248 g/mol. The number of nitrogens with one attached hydrogen (secondary N) is 1. The van der Waals surface area contributed by atoms with Gasteiger partial charge in [-0.25, -0.2) is 4.98 Å². The second-order valence-corrected chi connectivity index (χ2v) is 4.88. The van der Waals surface area contributed by atoms with Crippen LogP contribution in [-0.4, -0.2) is 18.6 Å². The maximum absolute atomic E-state index is 5.99. The van der Waals surface area contributed by atoms with Gasteiger partial charge in [0.25, 0.3) is 0 Å². The van der Waals surface area contributed by atoms with Crippen molar-refractivity contribution < 1.29 is 9.47 Å². The highest BCUT2D eigenvalue weighted by atomic mass is 32.1. The number of rotatable bonds is 2. The van der Waals surface area contributed by atoms with Crippen LogP contribution in [0, 0.1) is 0 Å². The van der Waals surface area contributed by atoms with Crippen molar-refractivity contribution in [2.24, 2.45) is 0 Å². The summed E-state index contributed by atoms with van der Waals surface area (Å²) in [4.78, 5) is 4.49. The van der Waals surface area contributed by atoms with Gasteiger partial charge in [-0.3, -0.25) is 0 Å². The molecule has 1 unspecified atom stereocenters. The second kappa shape index (κ2) is 4.86. The van der Waals surface area contributed by atoms with E-state index in [9.17, 15) is 0 Å². The van der Waals surface area contributed by atoms with Crippen LogP contribution in [0.15, 0.2) is 29.6 Å². The van der Waals surface area contributed by atoms with Gasteiger partial charge < -0.3 is 14.8 Å². The minimum absolute atomic E-state index is 0.0352. The summed E-state index contributed by atoms with van der Waals surface area (Å²) in [5.41, 5.74) is 0.963. The fourth-order valence-corrected chi connectivity index (χ4v) is 2.62. The van der Waals surface area contributed by atoms with E-state index in [0.29, 0.717) is 6.61 Å². The molecule has 3 rings (SSSR count). The van der Waals surface area contributed by atoms with Gasteiger partial charge in [0.15, 0.2) is 16.6 Å². The summed E-state index contributed by atoms with van der Waals surface area (Å²) in [5, 5.41) is 5.98. The Kier molecular flexibility index (Phi) is 3.06. The van der Waals surface area contributed by atoms with Crippen molar-refractivity contribution in [3.8, 4) is 11.5 Å². The highest BCUT2D eigenvalue weighted by molar-refractivity contribution is 7.13. The van der Waals surface area contributed by atoms with Gasteiger partial charge in [0, 0.05) is 18.8 Å². The fraction of sp³-hybridized carbons (Fsp3) is 0.308. The van der Waals surface area contributed by atoms with Gasteiger partial charge in [-0.2, -0.15) is 0 Å². The van der Waals surface area contributed by atoms with Crippen molar-refractivity contribution >= 4 is 16.5 Å². The minimum atomic E-state index is -0.0352. The summed E-state index contributed by atoms with van der Waals surface area (Å²) < 4.78 is 11.7. The maximum Gasteiger partial charge on any atom is 0.182 e. The molecule has 1 aliphatic rings. The van der Waals surface area contributed by atoms with Crippen molar-refractivity contribution in [3.63, 3.8) is 0 Å². The lowest BCUT2D eigenvalue weighted by Crippen LogP contribution is -2.08. The van der Waals surface area contributed by atoms with Crippen LogP contribution in [0.3, 0.4) is 0 Å². The molecule has 0 bridgehead atoms. The second-order valence-electron chi connectivity index (χ2n) is 4.02. The number of aromatic nitrogens is 1. The van der Waals surface area contributed by atoms with E-state index in [1.807, 2.05) is 36.7 Å². The molecule has 4 nitrogen and oxygen atoms in total. The fourth-order valence-electron chi connectivity index (χ4n) is 1.91. The van der Waals surface area contributed by atoms with Crippen LogP contribution in [0.1, 0.15) is 18.2 Å². The van der Waals surface area contributed by atoms with Gasteiger partial charge in [-0.1, -0.05) is 12.1 Å². The zero-order valence-corrected chi connectivity index (χ0v) is 10.9. The quantitative estimate of drug-likeness (QED) is 0.903. The summed E-state index contributed by atoms with van der Waals surface area (Å²) in [6.45, 7) is 0.647. The van der Waals surface area contributed by atoms with Crippen molar-refractivity contribution in [2.75, 3.05) is 19.0 Å². The van der Waals surface area contributed by atoms with Crippen molar-refractivity contribution in [3.05, 3.63) is 35.3 Å². The number of thiazole rings is 1. The molecule has 1 aromatic carbocycles. The number of ether oxygens (including phenoxy) is 2. The molecule has 1 aliphatic heterocycles. The monoisotopic (exact) mass is 262 g/mol. The van der Waals surface area contributed by atoms with Crippen LogP contribution in [0.4, 0.5) is 5.13 Å². The van der Waals surface area contributed by atoms with Crippen LogP contribution in [0.5, 0.6) is 11.5 Å². The van der Waals surface area contributed by atoms with Crippen molar-refractivity contribution in [1.29, 1.82) is 0 Å². The molecule has 0 saturated carbocycles. The topological polar surface area (TPSA) is 43.4 Å². The molecule has 0 aliphatic carbocycles. The molecule has 0 spiro atoms. The van der Waals surface area contributed by atoms with Gasteiger partial charge in [-0.05, 0) is 12.1 Å². The summed E-state index contributed by atoms with van der Waals surface area (Å²) in [5.74, 6) is 1.60. The van der Waals surface area contributed by atoms with Crippen LogP contribution >= 0.6 is 11.3 Å². The van der Waals surface area contributed by atoms with E-state index in [1.165, 1.54) is 0 Å². The van der Waals surface area contributed by atoms with Crippen LogP contribution in [-0.2, 0) is 0 Å². The number of benzene rings is 1. The largest absolute Gasteiger partial charge is 0.490 e. The third-order valence-electron chi connectivity index (χ3n) is 2.82. The first-order valence-corrected chi connectivity index (χ1v) is 6.76. The number of nitrogens with zero attached hydrogens (tertiary/aromatic N) is 1. The van der Waals surface area contributed by atoms with E-state index in [2.05, 4.69) is 10.3 Å². The lowest BCUT2D eigenvalue weighted by Gasteiger charge is -2.13. The molecule has 2 heterocycles. The summed E-state index contributed by atoms with van der Waals surface area (Å²) in [7, 11) is 1.87. The lowest BCUT2D eigenvalue weighted by molar-refractivity contribution is 0.191. The number of hydrogen-bond donors (Lipinski definition) is 1. The summed E-state index contributed by atoms with van der Waals surface area (Å²) in [6.07, 6.45) is 0.772. The number of para-hydroxylation sites is 2. The zero-order valence-electron chi connectivity index (χ0n) is 10.1. The average Bonchev–Trinajstić information content (AvgIpc) is 2.78. The highest BCUT2D eigenvalue weighted by Crippen LogP contribution is 2.36. The Bertz CT molecular complexity index is 541. The smallest absolute Gasteiger partial charge is 0.182 e. The van der Waals surface area contributed by atoms with Gasteiger partial charge in [0.05, 0.1) is 12.3 Å². The van der Waals surface area contributed by atoms with Crippen molar-refractivity contribution in [1.82, 2.24) is 4.98 Å². The molecule has 1 atom stereocenters. The molecule has 94 valence electrons. The summed E-state index contributed by atoms with van der Waals surface area (Å²) in [6, 6.07) is 7.76. The maximum atomic E-state index is 5.99. The Morgan fingerprint density at radius 2 is 2.17 bits per heavy atom. The SMILES string of the molecule is CNc1nc(C2CCOc3ccccc3O2)cs1. The Morgan fingerprint density at radius 3 is 2.94 bits per heavy atom. The number of fused-ring (bicyclic) bond motifs is 1. The first-order valence-electron chi connectivity index (χ1n) is 5.88. The van der Waals surface area contributed by atoms with Gasteiger partial charge in [0.2, 0.25) is 0 Å². The van der Waals surface area contributed by atoms with E-state index < -0.39 is 0 Å². The molecule has 0 saturated heterocycles. The van der Waals surface area contributed by atoms with Crippen molar-refractivity contribution in [2.45, 2.75) is 12.5 Å². The zero-order chi connectivity index (χ0) is 12.4. The molecule has 18 heavy (non-hydrogen) atoms. The first-order chi connectivity index (χ1) is 8.86. The summed E-state index contributed by atoms with van der Waals surface area (Å²) >= 11 is 1.59. The minimum Gasteiger partial charge on any atom is -0.490 e. The third kappa shape index (κ3) is 2.13. The lowest BCUT2D eigenvalue weighted by atomic mass is 10.2. The molecule has 0 fully saturated rings. The predicted octanol–water partition coefficient (Wildman–Crippen LogP) is 3.09. The molecule has 5 heteroatoms. The van der Waals surface area contributed by atoms with Gasteiger partial charge in [0.1, 0.15) is 6.10 Å². The first kappa shape index (κ1) is 11.3. The standard InChI is InChI=1S/C13H14N2O2S/c1-14-13-15-9(8-18-13)10-6-7-16-11-4-2-3-5-12(11)17-10/h2-5,8,10H,6-7H2,1H3,(H,14,15). The van der Waals surface area contributed by atoms with Crippen LogP contribution < -0.4 is 14.8 Å². The molecule has 1 N–H and O–H groups in total. The van der Waals surface area contributed by atoms with Crippen LogP contribution in [0.2, 0.25) is 0 Å². The Hall–Kier alpha value is -1.75. The normalized spacial score (nSPS) is 18.2. The Balaban J connectivity index is 1.86. The molecular formula is C13H14N2O2S. The van der Waals surface area contributed by atoms with Gasteiger partial charge in [-0.15, -0.1) is 11.3 Å². The molecule has 0 radical (unpaired) electrons. The van der Waals surface area contributed by atoms with Crippen LogP contribution in [0.25, 0.3) is 0 Å². The number of hydrogen-bond acceptors (Lipinski definition) is 5. The van der Waals surface area contributed by atoms with E-state index in [1.54, 1.807) is 11.3 Å². The van der Waals surface area contributed by atoms with Gasteiger partial charge >= 0.3 is 0 Å². The molecule has 2 aromatic rings. The Morgan fingerprint density at radius 1 is 1.33 bits per heavy atom. The van der Waals surface area contributed by atoms with E-state index >= 15 is 0 Å². The van der Waals surface area contributed by atoms with E-state index in [0.717, 1.165) is 28.7 Å². The highest BCUT2D eigenvalue weighted by Gasteiger charge is 2.22. The predicted molar refractivity (Wildman–Crippen MR) is 71.6 cm³/mol. The third-order valence-corrected chi connectivity index (χ3v) is 3.70. The number of anilines is 1. The van der Waals surface area contributed by atoms with E-state index in [-0.39, 0.29) is 6.10 Å². The van der Waals surface area contributed by atoms with E-state index in [4.69, 9.17) is 9.47 Å².